The maximum absolute atomic E-state index is 10.1. The first-order valence-corrected chi connectivity index (χ1v) is 10.7. The van der Waals surface area contributed by atoms with Crippen LogP contribution in [0.15, 0.2) is 21.8 Å². The van der Waals surface area contributed by atoms with Crippen molar-refractivity contribution >= 4 is 22.6 Å². The van der Waals surface area contributed by atoms with Gasteiger partial charge in [-0.3, -0.25) is 0 Å². The Morgan fingerprint density at radius 2 is 1.96 bits per heavy atom. The van der Waals surface area contributed by atoms with Gasteiger partial charge in [0.2, 0.25) is 0 Å². The van der Waals surface area contributed by atoms with Gasteiger partial charge in [-0.1, -0.05) is 32.1 Å². The fourth-order valence-corrected chi connectivity index (χ4v) is 8.18. The maximum atomic E-state index is 10.1. The third kappa shape index (κ3) is 2.33. The Bertz CT molecular complexity index is 552. The van der Waals surface area contributed by atoms with E-state index in [0.29, 0.717) is 10.8 Å². The molecule has 7 atom stereocenters. The standard InChI is InChI=1S/C21H31IO/c1-13(22)17-6-7-18-16-5-4-14-12-15(23)8-10-20(14,2)19(16)9-11-21(17,18)3/h4,15-19,23H,1,5-12H2,2-3H3. The molecule has 1 N–H and O–H groups in total. The molecule has 1 nitrogen and oxygen atoms in total. The zero-order valence-corrected chi connectivity index (χ0v) is 16.8. The first-order chi connectivity index (χ1) is 10.9. The molecule has 0 bridgehead atoms. The summed E-state index contributed by atoms with van der Waals surface area (Å²) in [6, 6.07) is 0. The number of rotatable bonds is 1. The fourth-order valence-electron chi connectivity index (χ4n) is 7.16. The summed E-state index contributed by atoms with van der Waals surface area (Å²) in [5.74, 6) is 3.35. The Balaban J connectivity index is 1.66. The lowest BCUT2D eigenvalue weighted by atomic mass is 9.47. The molecule has 23 heavy (non-hydrogen) atoms. The van der Waals surface area contributed by atoms with Crippen molar-refractivity contribution in [1.82, 2.24) is 0 Å². The molecule has 0 radical (unpaired) electrons. The zero-order valence-electron chi connectivity index (χ0n) is 14.7. The Kier molecular flexibility index (Phi) is 4.04. The molecular formula is C21H31IO. The Morgan fingerprint density at radius 1 is 1.17 bits per heavy atom. The highest BCUT2D eigenvalue weighted by atomic mass is 127. The summed E-state index contributed by atoms with van der Waals surface area (Å²) in [5.41, 5.74) is 2.46. The molecule has 4 aliphatic carbocycles. The lowest BCUT2D eigenvalue weighted by Crippen LogP contribution is -2.50. The molecule has 3 fully saturated rings. The third-order valence-corrected chi connectivity index (χ3v) is 9.21. The molecule has 0 aromatic heterocycles. The van der Waals surface area contributed by atoms with Crippen molar-refractivity contribution in [2.75, 3.05) is 0 Å². The molecule has 0 amide bonds. The van der Waals surface area contributed by atoms with Crippen molar-refractivity contribution in [1.29, 1.82) is 0 Å². The predicted molar refractivity (Wildman–Crippen MR) is 104 cm³/mol. The molecule has 0 heterocycles. The third-order valence-electron chi connectivity index (χ3n) is 8.46. The number of allylic oxidation sites excluding steroid dienone is 2. The van der Waals surface area contributed by atoms with Crippen LogP contribution in [0.4, 0.5) is 0 Å². The molecule has 128 valence electrons. The second-order valence-electron chi connectivity index (χ2n) is 9.28. The van der Waals surface area contributed by atoms with Crippen molar-refractivity contribution in [3.63, 3.8) is 0 Å². The molecular weight excluding hydrogens is 395 g/mol. The van der Waals surface area contributed by atoms with Crippen LogP contribution in [0.2, 0.25) is 0 Å². The number of aliphatic hydroxyl groups is 1. The minimum atomic E-state index is -0.0852. The van der Waals surface area contributed by atoms with Crippen molar-refractivity contribution < 1.29 is 5.11 Å². The highest BCUT2D eigenvalue weighted by molar-refractivity contribution is 14.1. The van der Waals surface area contributed by atoms with E-state index in [1.54, 1.807) is 5.57 Å². The monoisotopic (exact) mass is 426 g/mol. The molecule has 0 aromatic carbocycles. The molecule has 7 unspecified atom stereocenters. The Labute approximate surface area is 155 Å². The number of hydrogen-bond donors (Lipinski definition) is 1. The van der Waals surface area contributed by atoms with Gasteiger partial charge in [0, 0.05) is 0 Å². The minimum absolute atomic E-state index is 0.0852. The van der Waals surface area contributed by atoms with E-state index in [2.05, 4.69) is 49.1 Å². The highest BCUT2D eigenvalue weighted by Gasteiger charge is 2.58. The van der Waals surface area contributed by atoms with Gasteiger partial charge in [0.15, 0.2) is 0 Å². The number of aliphatic hydroxyl groups excluding tert-OH is 1. The highest BCUT2D eigenvalue weighted by Crippen LogP contribution is 2.67. The van der Waals surface area contributed by atoms with Gasteiger partial charge < -0.3 is 5.11 Å². The van der Waals surface area contributed by atoms with E-state index in [1.807, 2.05) is 0 Å². The van der Waals surface area contributed by atoms with Crippen LogP contribution >= 0.6 is 22.6 Å². The van der Waals surface area contributed by atoms with Crippen LogP contribution in [0, 0.1) is 34.5 Å². The summed E-state index contributed by atoms with van der Waals surface area (Å²) in [6.07, 6.45) is 12.4. The van der Waals surface area contributed by atoms with Crippen LogP contribution < -0.4 is 0 Å². The van der Waals surface area contributed by atoms with E-state index in [9.17, 15) is 5.11 Å². The predicted octanol–water partition coefficient (Wildman–Crippen LogP) is 5.88. The topological polar surface area (TPSA) is 20.2 Å². The number of fused-ring (bicyclic) bond motifs is 5. The van der Waals surface area contributed by atoms with Crippen LogP contribution in [0.1, 0.15) is 65.2 Å². The van der Waals surface area contributed by atoms with Gasteiger partial charge in [-0.15, -0.1) is 0 Å². The van der Waals surface area contributed by atoms with E-state index >= 15 is 0 Å². The van der Waals surface area contributed by atoms with E-state index in [4.69, 9.17) is 0 Å². The van der Waals surface area contributed by atoms with Crippen LogP contribution in [0.5, 0.6) is 0 Å². The van der Waals surface area contributed by atoms with Crippen molar-refractivity contribution in [2.24, 2.45) is 34.5 Å². The summed E-state index contributed by atoms with van der Waals surface area (Å²) >= 11 is 2.49. The molecule has 3 saturated carbocycles. The van der Waals surface area contributed by atoms with E-state index in [0.717, 1.165) is 36.5 Å². The van der Waals surface area contributed by atoms with Gasteiger partial charge in [-0.2, -0.15) is 0 Å². The van der Waals surface area contributed by atoms with E-state index < -0.39 is 0 Å². The van der Waals surface area contributed by atoms with Crippen LogP contribution in [-0.4, -0.2) is 11.2 Å². The molecule has 0 aromatic rings. The fraction of sp³-hybridized carbons (Fsp3) is 0.810. The first-order valence-electron chi connectivity index (χ1n) is 9.58. The zero-order chi connectivity index (χ0) is 16.4. The van der Waals surface area contributed by atoms with Gasteiger partial charge in [0.1, 0.15) is 0 Å². The van der Waals surface area contributed by atoms with E-state index in [1.165, 1.54) is 42.1 Å². The lowest BCUT2D eigenvalue weighted by Gasteiger charge is -2.58. The summed E-state index contributed by atoms with van der Waals surface area (Å²) in [7, 11) is 0. The quantitative estimate of drug-likeness (QED) is 0.411. The van der Waals surface area contributed by atoms with Crippen LogP contribution in [0.25, 0.3) is 0 Å². The van der Waals surface area contributed by atoms with E-state index in [-0.39, 0.29) is 6.10 Å². The van der Waals surface area contributed by atoms with Gasteiger partial charge >= 0.3 is 0 Å². The number of halogens is 1. The molecule has 4 rings (SSSR count). The largest absolute Gasteiger partial charge is 0.393 e. The average Bonchev–Trinajstić information content (AvgIpc) is 2.85. The lowest BCUT2D eigenvalue weighted by molar-refractivity contribution is -0.0443. The second kappa shape index (κ2) is 5.59. The normalized spacial score (nSPS) is 52.2. The molecule has 0 spiro atoms. The molecule has 0 saturated heterocycles. The van der Waals surface area contributed by atoms with Gasteiger partial charge in [0.05, 0.1) is 6.10 Å². The summed E-state index contributed by atoms with van der Waals surface area (Å²) in [6.45, 7) is 9.40. The first kappa shape index (κ1) is 16.6. The molecule has 2 heteroatoms. The van der Waals surface area contributed by atoms with Crippen molar-refractivity contribution in [3.05, 3.63) is 21.8 Å². The Morgan fingerprint density at radius 3 is 2.70 bits per heavy atom. The van der Waals surface area contributed by atoms with Crippen molar-refractivity contribution in [3.8, 4) is 0 Å². The SMILES string of the molecule is C=C(I)C1CCC2C3CC=C4CC(O)CCC4(C)C3CCC12C. The van der Waals surface area contributed by atoms with Crippen LogP contribution in [-0.2, 0) is 0 Å². The summed E-state index contributed by atoms with van der Waals surface area (Å²) in [4.78, 5) is 0. The van der Waals surface area contributed by atoms with Crippen molar-refractivity contribution in [2.45, 2.75) is 71.3 Å². The van der Waals surface area contributed by atoms with Crippen LogP contribution in [0.3, 0.4) is 0 Å². The molecule has 4 aliphatic rings. The van der Waals surface area contributed by atoms with Gasteiger partial charge in [-0.05, 0) is 112 Å². The molecule has 0 aliphatic heterocycles. The Hall–Kier alpha value is 0.170. The maximum Gasteiger partial charge on any atom is 0.0577 e. The number of hydrogen-bond acceptors (Lipinski definition) is 1. The average molecular weight is 426 g/mol. The van der Waals surface area contributed by atoms with Gasteiger partial charge in [0.25, 0.3) is 0 Å². The van der Waals surface area contributed by atoms with Gasteiger partial charge in [-0.25, -0.2) is 0 Å². The summed E-state index contributed by atoms with van der Waals surface area (Å²) < 4.78 is 1.39. The second-order valence-corrected chi connectivity index (χ2v) is 10.7. The minimum Gasteiger partial charge on any atom is -0.393 e. The summed E-state index contributed by atoms with van der Waals surface area (Å²) in [5, 5.41) is 10.1. The smallest absolute Gasteiger partial charge is 0.0577 e.